The lowest BCUT2D eigenvalue weighted by Crippen LogP contribution is -2.33. The van der Waals surface area contributed by atoms with Crippen LogP contribution in [0.1, 0.15) is 6.23 Å². The van der Waals surface area contributed by atoms with Gasteiger partial charge in [-0.25, -0.2) is 4.98 Å². The fourth-order valence-corrected chi connectivity index (χ4v) is 2.24. The van der Waals surface area contributed by atoms with Crippen molar-refractivity contribution >= 4 is 17.1 Å². The van der Waals surface area contributed by atoms with Crippen molar-refractivity contribution in [2.75, 3.05) is 12.3 Å². The highest BCUT2D eigenvalue weighted by Crippen LogP contribution is 2.30. The summed E-state index contributed by atoms with van der Waals surface area (Å²) in [4.78, 5) is 21.8. The second kappa shape index (κ2) is 5.38. The summed E-state index contributed by atoms with van der Waals surface area (Å²) < 4.78 is 6.64. The molecule has 1 aliphatic rings. The average Bonchev–Trinajstić information content (AvgIpc) is 2.93. The quantitative estimate of drug-likeness (QED) is 0.346. The van der Waals surface area contributed by atoms with Gasteiger partial charge in [0.2, 0.25) is 5.95 Å². The van der Waals surface area contributed by atoms with E-state index in [0.717, 1.165) is 0 Å². The highest BCUT2D eigenvalue weighted by molar-refractivity contribution is 5.70. The van der Waals surface area contributed by atoms with Crippen LogP contribution in [0.25, 0.3) is 11.2 Å². The summed E-state index contributed by atoms with van der Waals surface area (Å²) in [5, 5.41) is 28.7. The standard InChI is InChI=1S/C10H13N5O5.H3N/c11-10-13-7-4(8(19)14-10)12-2-15(7)9-6(18)5(17)3(1-16)20-9;/h2-3,5-6,9,16-18H,1H2,(H3,11,13,14,19);1H3/t3-,5-,6-,9-;/m1./s1. The van der Waals surface area contributed by atoms with Crippen molar-refractivity contribution in [3.05, 3.63) is 16.7 Å². The number of nitrogens with one attached hydrogen (secondary N) is 1. The van der Waals surface area contributed by atoms with Crippen LogP contribution in [0.5, 0.6) is 0 Å². The van der Waals surface area contributed by atoms with Crippen LogP contribution in [0.4, 0.5) is 5.95 Å². The lowest BCUT2D eigenvalue weighted by molar-refractivity contribution is -0.0511. The minimum absolute atomic E-state index is 0. The highest BCUT2D eigenvalue weighted by atomic mass is 16.6. The van der Waals surface area contributed by atoms with Gasteiger partial charge in [-0.3, -0.25) is 14.3 Å². The summed E-state index contributed by atoms with van der Waals surface area (Å²) >= 11 is 0. The van der Waals surface area contributed by atoms with E-state index < -0.39 is 36.7 Å². The summed E-state index contributed by atoms with van der Waals surface area (Å²) in [6.07, 6.45) is -3.21. The van der Waals surface area contributed by atoms with Crippen molar-refractivity contribution in [3.63, 3.8) is 0 Å². The molecule has 0 spiro atoms. The molecule has 2 aromatic rings. The first-order chi connectivity index (χ1) is 9.52. The molecule has 1 saturated heterocycles. The topological polar surface area (TPSA) is 195 Å². The largest absolute Gasteiger partial charge is 0.394 e. The smallest absolute Gasteiger partial charge is 0.280 e. The number of nitrogen functional groups attached to an aromatic ring is 1. The van der Waals surface area contributed by atoms with Crippen molar-refractivity contribution < 1.29 is 20.1 Å². The number of anilines is 1. The molecule has 9 N–H and O–H groups in total. The predicted octanol–water partition coefficient (Wildman–Crippen LogP) is -2.52. The third-order valence-electron chi connectivity index (χ3n) is 3.24. The van der Waals surface area contributed by atoms with Gasteiger partial charge in [-0.2, -0.15) is 4.98 Å². The number of nitrogens with zero attached hydrogens (tertiary/aromatic N) is 3. The van der Waals surface area contributed by atoms with Crippen molar-refractivity contribution in [3.8, 4) is 0 Å². The summed E-state index contributed by atoms with van der Waals surface area (Å²) in [6, 6.07) is 0. The summed E-state index contributed by atoms with van der Waals surface area (Å²) in [6.45, 7) is -0.447. The molecule has 1 aliphatic heterocycles. The second-order valence-corrected chi connectivity index (χ2v) is 4.50. The van der Waals surface area contributed by atoms with Crippen LogP contribution < -0.4 is 17.4 Å². The van der Waals surface area contributed by atoms with Crippen molar-refractivity contribution in [1.82, 2.24) is 25.7 Å². The molecule has 0 amide bonds. The van der Waals surface area contributed by atoms with Gasteiger partial charge >= 0.3 is 0 Å². The SMILES string of the molecule is N.Nc1nc2c(ncn2[C@@H]2O[C@H](CO)[C@@H](O)[C@H]2O)c(=O)[nH]1. The molecule has 0 aliphatic carbocycles. The van der Waals surface area contributed by atoms with E-state index in [4.69, 9.17) is 15.6 Å². The lowest BCUT2D eigenvalue weighted by Gasteiger charge is -2.16. The first-order valence-corrected chi connectivity index (χ1v) is 5.87. The van der Waals surface area contributed by atoms with Crippen molar-refractivity contribution in [2.45, 2.75) is 24.5 Å². The monoisotopic (exact) mass is 300 g/mol. The Labute approximate surface area is 117 Å². The number of nitrogens with two attached hydrogens (primary N) is 1. The van der Waals surface area contributed by atoms with E-state index in [1.54, 1.807) is 0 Å². The zero-order valence-corrected chi connectivity index (χ0v) is 10.9. The van der Waals surface area contributed by atoms with E-state index >= 15 is 0 Å². The van der Waals surface area contributed by atoms with E-state index in [9.17, 15) is 15.0 Å². The number of aliphatic hydroxyl groups is 3. The minimum atomic E-state index is -1.29. The highest BCUT2D eigenvalue weighted by Gasteiger charge is 2.44. The zero-order chi connectivity index (χ0) is 14.4. The molecule has 0 saturated carbocycles. The van der Waals surface area contributed by atoms with E-state index in [-0.39, 0.29) is 23.3 Å². The Kier molecular flexibility index (Phi) is 3.93. The summed E-state index contributed by atoms with van der Waals surface area (Å²) in [5.74, 6) is -0.101. The Bertz CT molecular complexity index is 699. The number of H-pyrrole nitrogens is 1. The number of aromatic nitrogens is 4. The molecule has 1 fully saturated rings. The van der Waals surface area contributed by atoms with Gasteiger partial charge in [0.25, 0.3) is 5.56 Å². The van der Waals surface area contributed by atoms with Crippen LogP contribution in [-0.2, 0) is 4.74 Å². The molecule has 0 radical (unpaired) electrons. The summed E-state index contributed by atoms with van der Waals surface area (Å²) in [5.41, 5.74) is 5.12. The van der Waals surface area contributed by atoms with Gasteiger partial charge in [-0.1, -0.05) is 0 Å². The molecule has 3 rings (SSSR count). The van der Waals surface area contributed by atoms with Crippen LogP contribution in [0.3, 0.4) is 0 Å². The average molecular weight is 300 g/mol. The van der Waals surface area contributed by atoms with Gasteiger partial charge in [-0.15, -0.1) is 0 Å². The lowest BCUT2D eigenvalue weighted by atomic mass is 10.1. The van der Waals surface area contributed by atoms with Gasteiger partial charge < -0.3 is 31.9 Å². The van der Waals surface area contributed by atoms with E-state index in [1.165, 1.54) is 10.9 Å². The van der Waals surface area contributed by atoms with Gasteiger partial charge in [0.1, 0.15) is 18.3 Å². The zero-order valence-electron chi connectivity index (χ0n) is 10.9. The van der Waals surface area contributed by atoms with Crippen LogP contribution in [0.15, 0.2) is 11.1 Å². The van der Waals surface area contributed by atoms with Gasteiger partial charge in [0, 0.05) is 0 Å². The third-order valence-corrected chi connectivity index (χ3v) is 3.24. The molecule has 4 atom stereocenters. The molecule has 0 aromatic carbocycles. The third kappa shape index (κ3) is 2.26. The molecular formula is C10H16N6O5. The number of fused-ring (bicyclic) bond motifs is 1. The number of hydrogen-bond acceptors (Lipinski definition) is 9. The first kappa shape index (κ1) is 15.3. The number of aromatic amines is 1. The van der Waals surface area contributed by atoms with Gasteiger partial charge in [0.05, 0.1) is 12.9 Å². The molecule has 0 unspecified atom stereocenters. The summed E-state index contributed by atoms with van der Waals surface area (Å²) in [7, 11) is 0. The van der Waals surface area contributed by atoms with E-state index in [1.807, 2.05) is 0 Å². The van der Waals surface area contributed by atoms with Gasteiger partial charge in [-0.05, 0) is 0 Å². The Morgan fingerprint density at radius 2 is 2.14 bits per heavy atom. The molecule has 11 heteroatoms. The van der Waals surface area contributed by atoms with Crippen LogP contribution in [0, 0.1) is 0 Å². The number of aliphatic hydroxyl groups excluding tert-OH is 3. The number of rotatable bonds is 2. The number of imidazole rings is 1. The maximum Gasteiger partial charge on any atom is 0.280 e. The molecule has 21 heavy (non-hydrogen) atoms. The van der Waals surface area contributed by atoms with Crippen LogP contribution >= 0.6 is 0 Å². The molecule has 0 bridgehead atoms. The number of hydrogen-bond donors (Lipinski definition) is 6. The Morgan fingerprint density at radius 1 is 1.43 bits per heavy atom. The van der Waals surface area contributed by atoms with Crippen LogP contribution in [0.2, 0.25) is 0 Å². The van der Waals surface area contributed by atoms with Gasteiger partial charge in [0.15, 0.2) is 17.4 Å². The Morgan fingerprint density at radius 3 is 2.76 bits per heavy atom. The predicted molar refractivity (Wildman–Crippen MR) is 70.6 cm³/mol. The second-order valence-electron chi connectivity index (χ2n) is 4.50. The van der Waals surface area contributed by atoms with E-state index in [2.05, 4.69) is 15.0 Å². The molecule has 2 aromatic heterocycles. The van der Waals surface area contributed by atoms with Crippen molar-refractivity contribution in [2.24, 2.45) is 0 Å². The fourth-order valence-electron chi connectivity index (χ4n) is 2.24. The number of ether oxygens (including phenoxy) is 1. The maximum atomic E-state index is 11.7. The van der Waals surface area contributed by atoms with Crippen LogP contribution in [-0.4, -0.2) is 59.8 Å². The van der Waals surface area contributed by atoms with Crippen molar-refractivity contribution in [1.29, 1.82) is 0 Å². The molecular weight excluding hydrogens is 284 g/mol. The Hall–Kier alpha value is -2.05. The maximum absolute atomic E-state index is 11.7. The molecule has 3 heterocycles. The normalized spacial score (nSPS) is 28.7. The molecule has 116 valence electrons. The Balaban J connectivity index is 0.00000161. The van der Waals surface area contributed by atoms with E-state index in [0.29, 0.717) is 0 Å². The molecule has 11 nitrogen and oxygen atoms in total. The minimum Gasteiger partial charge on any atom is -0.394 e. The fraction of sp³-hybridized carbons (Fsp3) is 0.500. The first-order valence-electron chi connectivity index (χ1n) is 5.87.